The normalized spacial score (nSPS) is 29.4. The molecule has 0 radical (unpaired) electrons. The molecule has 4 nitrogen and oxygen atoms in total. The van der Waals surface area contributed by atoms with Gasteiger partial charge in [-0.25, -0.2) is 4.79 Å². The van der Waals surface area contributed by atoms with E-state index in [0.29, 0.717) is 5.76 Å². The molecule has 0 spiro atoms. The minimum Gasteiger partial charge on any atom is -0.430 e. The molecule has 2 N–H and O–H groups in total. The Kier molecular flexibility index (Phi) is 6.37. The van der Waals surface area contributed by atoms with Crippen molar-refractivity contribution >= 4 is 23.4 Å². The lowest BCUT2D eigenvalue weighted by atomic mass is 9.70. The van der Waals surface area contributed by atoms with Gasteiger partial charge in [0.05, 0.1) is 0 Å². The summed E-state index contributed by atoms with van der Waals surface area (Å²) < 4.78 is 5.84. The summed E-state index contributed by atoms with van der Waals surface area (Å²) in [5, 5.41) is -0.0156. The van der Waals surface area contributed by atoms with Crippen LogP contribution in [0.4, 0.5) is 5.69 Å². The van der Waals surface area contributed by atoms with Crippen LogP contribution in [-0.2, 0) is 9.53 Å². The van der Waals surface area contributed by atoms with E-state index in [4.69, 9.17) is 10.5 Å². The number of hydrogen-bond donors (Lipinski definition) is 1. The molecule has 5 heteroatoms. The fourth-order valence-corrected chi connectivity index (χ4v) is 6.49. The van der Waals surface area contributed by atoms with E-state index in [1.807, 2.05) is 18.2 Å². The van der Waals surface area contributed by atoms with Gasteiger partial charge in [0.1, 0.15) is 11.3 Å². The first-order valence-corrected chi connectivity index (χ1v) is 12.0. The van der Waals surface area contributed by atoms with E-state index in [-0.39, 0.29) is 28.0 Å². The highest BCUT2D eigenvalue weighted by molar-refractivity contribution is 8.00. The number of likely N-dealkylation sites (tertiary alicyclic amines) is 1. The topological polar surface area (TPSA) is 55.6 Å². The van der Waals surface area contributed by atoms with Crippen molar-refractivity contribution in [2.45, 2.75) is 76.5 Å². The Bertz CT molecular complexity index is 819. The third-order valence-corrected chi connectivity index (χ3v) is 9.16. The van der Waals surface area contributed by atoms with E-state index in [1.165, 1.54) is 0 Å². The number of anilines is 1. The molecule has 2 unspecified atom stereocenters. The number of rotatable bonds is 6. The molecule has 1 aromatic carbocycles. The van der Waals surface area contributed by atoms with Crippen LogP contribution >= 0.6 is 11.8 Å². The fourth-order valence-electron chi connectivity index (χ4n) is 4.73. The van der Waals surface area contributed by atoms with Crippen LogP contribution in [0.3, 0.4) is 0 Å². The Morgan fingerprint density at radius 3 is 2.60 bits per heavy atom. The first-order valence-electron chi connectivity index (χ1n) is 11.1. The van der Waals surface area contributed by atoms with Crippen molar-refractivity contribution in [3.05, 3.63) is 36.6 Å². The van der Waals surface area contributed by atoms with Gasteiger partial charge >= 0.3 is 5.97 Å². The Hall–Kier alpha value is -1.46. The van der Waals surface area contributed by atoms with Gasteiger partial charge < -0.3 is 10.5 Å². The van der Waals surface area contributed by atoms with Crippen molar-refractivity contribution in [2.75, 3.05) is 18.8 Å². The Morgan fingerprint density at radius 2 is 1.97 bits per heavy atom. The number of para-hydroxylation sites is 1. The molecule has 2 bridgehead atoms. The summed E-state index contributed by atoms with van der Waals surface area (Å²) >= 11 is 1.72. The number of carbonyl (C=O) groups excluding carboxylic acids is 1. The van der Waals surface area contributed by atoms with Crippen LogP contribution in [0.25, 0.3) is 0 Å². The molecule has 3 rings (SSSR count). The second-order valence-corrected chi connectivity index (χ2v) is 11.7. The second kappa shape index (κ2) is 8.23. The number of thioether (sulfide) groups is 1. The molecule has 0 aliphatic carbocycles. The van der Waals surface area contributed by atoms with Crippen LogP contribution in [0.5, 0.6) is 0 Å². The van der Waals surface area contributed by atoms with E-state index in [2.05, 4.69) is 59.1 Å². The van der Waals surface area contributed by atoms with Crippen molar-refractivity contribution in [1.82, 2.24) is 4.90 Å². The molecular weight excluding hydrogens is 392 g/mol. The largest absolute Gasteiger partial charge is 0.430 e. The van der Waals surface area contributed by atoms with E-state index in [1.54, 1.807) is 11.8 Å². The summed E-state index contributed by atoms with van der Waals surface area (Å²) in [7, 11) is 0. The predicted octanol–water partition coefficient (Wildman–Crippen LogP) is 5.73. The number of benzene rings is 1. The highest BCUT2D eigenvalue weighted by atomic mass is 32.2. The van der Waals surface area contributed by atoms with Crippen LogP contribution in [0.2, 0.25) is 0 Å². The molecule has 2 aliphatic rings. The van der Waals surface area contributed by atoms with Crippen LogP contribution in [-0.4, -0.2) is 34.7 Å². The lowest BCUT2D eigenvalue weighted by Crippen LogP contribution is -2.64. The van der Waals surface area contributed by atoms with Gasteiger partial charge in [-0.15, -0.1) is 11.8 Å². The van der Waals surface area contributed by atoms with Crippen molar-refractivity contribution < 1.29 is 9.53 Å². The van der Waals surface area contributed by atoms with E-state index in [0.717, 1.165) is 42.9 Å². The van der Waals surface area contributed by atoms with Gasteiger partial charge in [-0.05, 0) is 55.8 Å². The van der Waals surface area contributed by atoms with Crippen LogP contribution in [0.15, 0.2) is 41.5 Å². The molecule has 2 fully saturated rings. The first kappa shape index (κ1) is 23.2. The van der Waals surface area contributed by atoms with Crippen LogP contribution < -0.4 is 5.73 Å². The highest BCUT2D eigenvalue weighted by Gasteiger charge is 2.60. The minimum absolute atomic E-state index is 0.0156. The number of fused-ring (bicyclic) bond motifs is 2. The van der Waals surface area contributed by atoms with E-state index < -0.39 is 5.54 Å². The number of hydrogen-bond acceptors (Lipinski definition) is 5. The summed E-state index contributed by atoms with van der Waals surface area (Å²) in [6.07, 6.45) is 3.16. The Balaban J connectivity index is 2.06. The van der Waals surface area contributed by atoms with Crippen molar-refractivity contribution in [3.8, 4) is 0 Å². The Morgan fingerprint density at radius 1 is 1.30 bits per heavy atom. The van der Waals surface area contributed by atoms with Gasteiger partial charge in [0, 0.05) is 21.8 Å². The predicted molar refractivity (Wildman–Crippen MR) is 126 cm³/mol. The smallest absolute Gasteiger partial charge is 0.332 e. The summed E-state index contributed by atoms with van der Waals surface area (Å²) in [6.45, 7) is 19.4. The molecule has 1 aromatic rings. The average molecular weight is 431 g/mol. The number of nitrogens with two attached hydrogens (primary N) is 1. The van der Waals surface area contributed by atoms with Gasteiger partial charge in [-0.3, -0.25) is 4.90 Å². The number of ether oxygens (including phenoxy) is 1. The van der Waals surface area contributed by atoms with E-state index >= 15 is 0 Å². The quantitative estimate of drug-likeness (QED) is 0.461. The SMILES string of the molecule is C=C1OC(=O)C2(C)[C@H](Sc3ccccc3N)C1C(C)(C)CCN2CCC(C)(C)CC. The van der Waals surface area contributed by atoms with Gasteiger partial charge in [0.25, 0.3) is 0 Å². The zero-order chi connectivity index (χ0) is 22.3. The third kappa shape index (κ3) is 4.16. The number of nitrogen functional groups attached to an aromatic ring is 1. The van der Waals surface area contributed by atoms with Crippen molar-refractivity contribution in [1.29, 1.82) is 0 Å². The van der Waals surface area contributed by atoms with Gasteiger partial charge in [-0.2, -0.15) is 0 Å². The third-order valence-electron chi connectivity index (χ3n) is 7.55. The molecule has 166 valence electrons. The van der Waals surface area contributed by atoms with Gasteiger partial charge in [0.2, 0.25) is 0 Å². The molecule has 0 amide bonds. The minimum atomic E-state index is -0.726. The lowest BCUT2D eigenvalue weighted by Gasteiger charge is -2.50. The highest BCUT2D eigenvalue weighted by Crippen LogP contribution is 2.55. The average Bonchev–Trinajstić information content (AvgIpc) is 2.73. The zero-order valence-corrected chi connectivity index (χ0v) is 20.3. The van der Waals surface area contributed by atoms with Gasteiger partial charge in [0.15, 0.2) is 0 Å². The zero-order valence-electron chi connectivity index (χ0n) is 19.5. The van der Waals surface area contributed by atoms with Gasteiger partial charge in [-0.1, -0.05) is 59.8 Å². The molecule has 0 saturated carbocycles. The maximum Gasteiger partial charge on any atom is 0.332 e. The fraction of sp³-hybridized carbons (Fsp3) is 0.640. The Labute approximate surface area is 186 Å². The number of carbonyl (C=O) groups is 1. The number of esters is 1. The second-order valence-electron chi connectivity index (χ2n) is 10.6. The monoisotopic (exact) mass is 430 g/mol. The summed E-state index contributed by atoms with van der Waals surface area (Å²) in [5.74, 6) is 0.488. The molecule has 30 heavy (non-hydrogen) atoms. The molecule has 3 atom stereocenters. The van der Waals surface area contributed by atoms with Crippen molar-refractivity contribution in [2.24, 2.45) is 16.7 Å². The van der Waals surface area contributed by atoms with Crippen LogP contribution in [0.1, 0.15) is 60.8 Å². The number of allylic oxidation sites excluding steroid dienone is 1. The summed E-state index contributed by atoms with van der Waals surface area (Å²) in [4.78, 5) is 16.8. The summed E-state index contributed by atoms with van der Waals surface area (Å²) in [6, 6.07) is 7.94. The molecular formula is C25H38N2O2S. The van der Waals surface area contributed by atoms with Crippen LogP contribution in [0, 0.1) is 16.7 Å². The molecule has 0 aromatic heterocycles. The van der Waals surface area contributed by atoms with E-state index in [9.17, 15) is 4.79 Å². The molecule has 2 heterocycles. The summed E-state index contributed by atoms with van der Waals surface area (Å²) in [5.41, 5.74) is 6.54. The number of nitrogens with zero attached hydrogens (tertiary/aromatic N) is 1. The first-order chi connectivity index (χ1) is 13.9. The van der Waals surface area contributed by atoms with Crippen molar-refractivity contribution in [3.63, 3.8) is 0 Å². The molecule has 2 saturated heterocycles. The standard InChI is InChI=1S/C25H38N2O2S/c1-8-23(3,4)13-15-27-16-14-24(5,6)20-17(2)29-22(28)25(27,7)21(20)30-19-12-10-9-11-18(19)26/h9-12,20-21H,2,8,13-16,26H2,1,3-7H3/t20?,21-,25?/m1/s1. The maximum atomic E-state index is 13.4. The lowest BCUT2D eigenvalue weighted by molar-refractivity contribution is -0.159. The number of cyclic esters (lactones) is 1. The molecule has 2 aliphatic heterocycles. The maximum absolute atomic E-state index is 13.4.